The van der Waals surface area contributed by atoms with E-state index >= 15 is 0 Å². The molecule has 0 amide bonds. The van der Waals surface area contributed by atoms with E-state index in [-0.39, 0.29) is 5.75 Å². The molecule has 1 aromatic carbocycles. The Kier molecular flexibility index (Phi) is 7.55. The van der Waals surface area contributed by atoms with E-state index in [1.165, 1.54) is 19.3 Å². The van der Waals surface area contributed by atoms with Crippen molar-refractivity contribution in [1.82, 2.24) is 0 Å². The minimum Gasteiger partial charge on any atom is -0.507 e. The maximum atomic E-state index is 9.90. The van der Waals surface area contributed by atoms with Crippen LogP contribution in [0.25, 0.3) is 0 Å². The van der Waals surface area contributed by atoms with Crippen molar-refractivity contribution in [2.45, 2.75) is 52.4 Å². The molecule has 20 heavy (non-hydrogen) atoms. The maximum Gasteiger partial charge on any atom is 0.125 e. The molecule has 0 fully saturated rings. The lowest BCUT2D eigenvalue weighted by Gasteiger charge is -2.10. The molecule has 4 nitrogen and oxygen atoms in total. The third kappa shape index (κ3) is 5.11. The molecule has 0 aromatic heterocycles. The Hall–Kier alpha value is -1.71. The second-order valence-corrected chi connectivity index (χ2v) is 4.82. The third-order valence-electron chi connectivity index (χ3n) is 3.23. The molecule has 0 atom stereocenters. The molecule has 1 rings (SSSR count). The molecule has 0 aliphatic carbocycles. The minimum atomic E-state index is 0.120. The molecule has 0 bridgehead atoms. The van der Waals surface area contributed by atoms with Crippen LogP contribution in [0.5, 0.6) is 11.5 Å². The normalized spacial score (nSPS) is 11.6. The van der Waals surface area contributed by atoms with Gasteiger partial charge in [0.15, 0.2) is 0 Å². The number of aromatic hydroxyl groups is 1. The number of unbranched alkanes of at least 4 members (excludes halogenated alkanes) is 4. The summed E-state index contributed by atoms with van der Waals surface area (Å²) in [7, 11) is 0. The summed E-state index contributed by atoms with van der Waals surface area (Å²) in [5, 5.41) is 22.4. The van der Waals surface area contributed by atoms with Crippen LogP contribution in [0.4, 0.5) is 0 Å². The Morgan fingerprint density at radius 3 is 2.55 bits per heavy atom. The number of nitrogens with zero attached hydrogens (tertiary/aromatic N) is 1. The van der Waals surface area contributed by atoms with E-state index in [4.69, 9.17) is 9.94 Å². The van der Waals surface area contributed by atoms with Crippen molar-refractivity contribution < 1.29 is 15.1 Å². The Labute approximate surface area is 121 Å². The second kappa shape index (κ2) is 9.23. The van der Waals surface area contributed by atoms with Gasteiger partial charge in [-0.2, -0.15) is 0 Å². The largest absolute Gasteiger partial charge is 0.507 e. The molecule has 112 valence electrons. The van der Waals surface area contributed by atoms with Crippen molar-refractivity contribution in [3.8, 4) is 11.5 Å². The van der Waals surface area contributed by atoms with Crippen LogP contribution in [-0.4, -0.2) is 22.6 Å². The van der Waals surface area contributed by atoms with E-state index in [1.807, 2.05) is 6.92 Å². The summed E-state index contributed by atoms with van der Waals surface area (Å²) in [5.41, 5.74) is 1.06. The topological polar surface area (TPSA) is 62.1 Å². The number of oxime groups is 1. The highest BCUT2D eigenvalue weighted by molar-refractivity contribution is 6.02. The molecule has 4 heteroatoms. The van der Waals surface area contributed by atoms with E-state index in [1.54, 1.807) is 18.2 Å². The predicted octanol–water partition coefficient (Wildman–Crippen LogP) is 4.33. The summed E-state index contributed by atoms with van der Waals surface area (Å²) in [6, 6.07) is 5.00. The van der Waals surface area contributed by atoms with Gasteiger partial charge < -0.3 is 15.1 Å². The zero-order valence-corrected chi connectivity index (χ0v) is 12.4. The number of hydrogen-bond acceptors (Lipinski definition) is 4. The first-order chi connectivity index (χ1) is 9.72. The van der Waals surface area contributed by atoms with Gasteiger partial charge in [0, 0.05) is 5.56 Å². The Morgan fingerprint density at radius 2 is 1.90 bits per heavy atom. The van der Waals surface area contributed by atoms with E-state index < -0.39 is 0 Å². The molecular formula is C16H25NO3. The quantitative estimate of drug-likeness (QED) is 0.306. The fraction of sp³-hybridized carbons (Fsp3) is 0.562. The maximum absolute atomic E-state index is 9.90. The first kappa shape index (κ1) is 16.3. The zero-order chi connectivity index (χ0) is 14.8. The van der Waals surface area contributed by atoms with Crippen molar-refractivity contribution in [3.63, 3.8) is 0 Å². The van der Waals surface area contributed by atoms with Crippen LogP contribution < -0.4 is 4.74 Å². The summed E-state index contributed by atoms with van der Waals surface area (Å²) in [6.07, 6.45) is 6.36. The van der Waals surface area contributed by atoms with E-state index in [0.29, 0.717) is 30.1 Å². The standard InChI is InChI=1S/C16H25NO3/c1-3-5-6-7-8-9-15(17-19)14-12-13(20-4-2)10-11-16(14)18/h10-12,18-19H,3-9H2,1-2H3. The molecular weight excluding hydrogens is 254 g/mol. The molecule has 1 aromatic rings. The van der Waals surface area contributed by atoms with Gasteiger partial charge in [0.25, 0.3) is 0 Å². The SMILES string of the molecule is CCCCCCCC(=NO)c1cc(OCC)ccc1O. The highest BCUT2D eigenvalue weighted by Crippen LogP contribution is 2.25. The summed E-state index contributed by atoms with van der Waals surface area (Å²) < 4.78 is 5.41. The number of rotatable bonds is 9. The van der Waals surface area contributed by atoms with Crippen molar-refractivity contribution >= 4 is 5.71 Å². The number of phenols is 1. The monoisotopic (exact) mass is 279 g/mol. The van der Waals surface area contributed by atoms with E-state index in [0.717, 1.165) is 12.8 Å². The predicted molar refractivity (Wildman–Crippen MR) is 81.0 cm³/mol. The summed E-state index contributed by atoms with van der Waals surface area (Å²) >= 11 is 0. The zero-order valence-electron chi connectivity index (χ0n) is 12.4. The Bertz CT molecular complexity index is 430. The van der Waals surface area contributed by atoms with Crippen molar-refractivity contribution in [3.05, 3.63) is 23.8 Å². The molecule has 2 N–H and O–H groups in total. The van der Waals surface area contributed by atoms with Gasteiger partial charge in [0.2, 0.25) is 0 Å². The summed E-state index contributed by atoms with van der Waals surface area (Å²) in [6.45, 7) is 4.64. The highest BCUT2D eigenvalue weighted by atomic mass is 16.5. The molecule has 0 saturated heterocycles. The van der Waals surface area contributed by atoms with Crippen LogP contribution in [0.2, 0.25) is 0 Å². The van der Waals surface area contributed by atoms with Gasteiger partial charge in [-0.3, -0.25) is 0 Å². The average Bonchev–Trinajstić information content (AvgIpc) is 2.46. The van der Waals surface area contributed by atoms with Gasteiger partial charge in [0.05, 0.1) is 12.3 Å². The molecule has 0 aliphatic rings. The van der Waals surface area contributed by atoms with Crippen molar-refractivity contribution in [2.75, 3.05) is 6.61 Å². The van der Waals surface area contributed by atoms with Crippen LogP contribution in [-0.2, 0) is 0 Å². The fourth-order valence-electron chi connectivity index (χ4n) is 2.14. The Morgan fingerprint density at radius 1 is 1.15 bits per heavy atom. The minimum absolute atomic E-state index is 0.120. The second-order valence-electron chi connectivity index (χ2n) is 4.82. The highest BCUT2D eigenvalue weighted by Gasteiger charge is 2.11. The first-order valence-corrected chi connectivity index (χ1v) is 7.40. The smallest absolute Gasteiger partial charge is 0.125 e. The average molecular weight is 279 g/mol. The molecule has 0 heterocycles. The van der Waals surface area contributed by atoms with Crippen LogP contribution >= 0.6 is 0 Å². The van der Waals surface area contributed by atoms with Gasteiger partial charge in [-0.25, -0.2) is 0 Å². The van der Waals surface area contributed by atoms with Gasteiger partial charge >= 0.3 is 0 Å². The van der Waals surface area contributed by atoms with Gasteiger partial charge in [-0.1, -0.05) is 37.8 Å². The van der Waals surface area contributed by atoms with Gasteiger partial charge in [-0.05, 0) is 38.0 Å². The summed E-state index contributed by atoms with van der Waals surface area (Å²) in [4.78, 5) is 0. The molecule has 0 unspecified atom stereocenters. The Balaban J connectivity index is 2.67. The fourth-order valence-corrected chi connectivity index (χ4v) is 2.14. The lowest BCUT2D eigenvalue weighted by atomic mass is 10.0. The third-order valence-corrected chi connectivity index (χ3v) is 3.23. The number of hydrogen-bond donors (Lipinski definition) is 2. The van der Waals surface area contributed by atoms with Crippen LogP contribution in [0.3, 0.4) is 0 Å². The van der Waals surface area contributed by atoms with Crippen molar-refractivity contribution in [2.24, 2.45) is 5.16 Å². The molecule has 0 saturated carbocycles. The first-order valence-electron chi connectivity index (χ1n) is 7.40. The molecule has 0 aliphatic heterocycles. The van der Waals surface area contributed by atoms with Gasteiger partial charge in [0.1, 0.15) is 11.5 Å². The number of benzene rings is 1. The van der Waals surface area contributed by atoms with Gasteiger partial charge in [-0.15, -0.1) is 0 Å². The van der Waals surface area contributed by atoms with Crippen LogP contribution in [0, 0.1) is 0 Å². The number of ether oxygens (including phenoxy) is 1. The van der Waals surface area contributed by atoms with E-state index in [9.17, 15) is 5.11 Å². The van der Waals surface area contributed by atoms with Crippen LogP contribution in [0.1, 0.15) is 57.9 Å². The molecule has 0 radical (unpaired) electrons. The lowest BCUT2D eigenvalue weighted by Crippen LogP contribution is -2.03. The van der Waals surface area contributed by atoms with Crippen molar-refractivity contribution in [1.29, 1.82) is 0 Å². The summed E-state index contributed by atoms with van der Waals surface area (Å²) in [5.74, 6) is 0.794. The van der Waals surface area contributed by atoms with Crippen LogP contribution in [0.15, 0.2) is 23.4 Å². The van der Waals surface area contributed by atoms with E-state index in [2.05, 4.69) is 12.1 Å². The molecule has 0 spiro atoms. The number of phenolic OH excluding ortho intramolecular Hbond substituents is 1. The lowest BCUT2D eigenvalue weighted by molar-refractivity contribution is 0.317.